The molecule has 0 bridgehead atoms. The van der Waals surface area contributed by atoms with Crippen LogP contribution in [-0.2, 0) is 9.59 Å². The predicted octanol–water partition coefficient (Wildman–Crippen LogP) is 3.13. The van der Waals surface area contributed by atoms with E-state index in [9.17, 15) is 22.8 Å². The zero-order valence-corrected chi connectivity index (χ0v) is 13.6. The number of hydrogen-bond acceptors (Lipinski definition) is 3. The molecule has 1 aromatic rings. The Balaban J connectivity index is 1.99. The summed E-state index contributed by atoms with van der Waals surface area (Å²) >= 11 is 11.6. The van der Waals surface area contributed by atoms with E-state index in [1.165, 1.54) is 23.1 Å². The number of likely N-dealkylation sites (tertiary alicyclic amines) is 1. The van der Waals surface area contributed by atoms with E-state index in [1.54, 1.807) is 0 Å². The van der Waals surface area contributed by atoms with Crippen molar-refractivity contribution in [2.24, 2.45) is 11.8 Å². The second kappa shape index (κ2) is 7.16. The normalized spacial score (nSPS) is 21.7. The molecule has 1 aliphatic heterocycles. The number of alkyl halides is 3. The molecule has 2 rings (SSSR count). The highest BCUT2D eigenvalue weighted by molar-refractivity contribution is 6.42. The molecule has 0 spiro atoms. The minimum atomic E-state index is -4.63. The average Bonchev–Trinajstić information content (AvgIpc) is 2.87. The van der Waals surface area contributed by atoms with E-state index in [-0.39, 0.29) is 18.1 Å². The van der Waals surface area contributed by atoms with Gasteiger partial charge in [-0.1, -0.05) is 23.2 Å². The number of carboxylic acid groups (broad SMARTS) is 1. The van der Waals surface area contributed by atoms with Crippen LogP contribution in [0.3, 0.4) is 0 Å². The third kappa shape index (κ3) is 4.52. The summed E-state index contributed by atoms with van der Waals surface area (Å²) in [4.78, 5) is 24.1. The molecule has 24 heavy (non-hydrogen) atoms. The molecular formula is C14H13Cl2F3N2O3. The number of hydrogen-bond donors (Lipinski definition) is 2. The fourth-order valence-electron chi connectivity index (χ4n) is 2.57. The number of halogens is 5. The molecule has 0 aromatic heterocycles. The monoisotopic (exact) mass is 384 g/mol. The number of benzene rings is 1. The molecular weight excluding hydrogens is 372 g/mol. The summed E-state index contributed by atoms with van der Waals surface area (Å²) in [5.74, 6) is -5.67. The first kappa shape index (κ1) is 18.8. The van der Waals surface area contributed by atoms with Crippen molar-refractivity contribution in [2.75, 3.05) is 25.0 Å². The van der Waals surface area contributed by atoms with Crippen LogP contribution in [0.4, 0.5) is 18.9 Å². The number of nitrogens with zero attached hydrogens (tertiary/aromatic N) is 1. The Labute approximate surface area is 145 Å². The van der Waals surface area contributed by atoms with Crippen LogP contribution in [0.15, 0.2) is 18.2 Å². The van der Waals surface area contributed by atoms with Gasteiger partial charge in [0.05, 0.1) is 28.4 Å². The van der Waals surface area contributed by atoms with Gasteiger partial charge < -0.3 is 10.4 Å². The van der Waals surface area contributed by atoms with Gasteiger partial charge in [0, 0.05) is 18.8 Å². The van der Waals surface area contributed by atoms with Crippen molar-refractivity contribution in [1.82, 2.24) is 4.90 Å². The maximum atomic E-state index is 12.9. The van der Waals surface area contributed by atoms with E-state index in [0.717, 1.165) is 0 Å². The summed E-state index contributed by atoms with van der Waals surface area (Å²) in [5.41, 5.74) is 0.343. The number of rotatable bonds is 4. The standard InChI is InChI=1S/C14H13Cl2F3N2O3/c15-10-2-1-7(3-11(10)16)20-12(22)6-21-4-8(13(23)24)9(5-21)14(17,18)19/h1-3,8-9H,4-6H2,(H,20,22)(H,23,24)/t8-,9-/m1/s1. The van der Waals surface area contributed by atoms with Gasteiger partial charge in [0.25, 0.3) is 0 Å². The van der Waals surface area contributed by atoms with Gasteiger partial charge in [-0.25, -0.2) is 0 Å². The van der Waals surface area contributed by atoms with E-state index >= 15 is 0 Å². The molecule has 2 atom stereocenters. The second-order valence-corrected chi connectivity index (χ2v) is 6.28. The molecule has 1 amide bonds. The van der Waals surface area contributed by atoms with Crippen LogP contribution in [-0.4, -0.2) is 47.7 Å². The molecule has 1 saturated heterocycles. The second-order valence-electron chi connectivity index (χ2n) is 5.46. The van der Waals surface area contributed by atoms with Crippen LogP contribution in [0.5, 0.6) is 0 Å². The lowest BCUT2D eigenvalue weighted by Gasteiger charge is -2.18. The Morgan fingerprint density at radius 2 is 1.92 bits per heavy atom. The summed E-state index contributed by atoms with van der Waals surface area (Å²) in [6.07, 6.45) is -4.63. The Hall–Kier alpha value is -1.51. The number of aliphatic carboxylic acids is 1. The largest absolute Gasteiger partial charge is 0.481 e. The first-order chi connectivity index (χ1) is 11.1. The summed E-state index contributed by atoms with van der Waals surface area (Å²) < 4.78 is 38.7. The van der Waals surface area contributed by atoms with Gasteiger partial charge in [0.1, 0.15) is 0 Å². The smallest absolute Gasteiger partial charge is 0.393 e. The Bertz CT molecular complexity index is 655. The topological polar surface area (TPSA) is 69.6 Å². The minimum Gasteiger partial charge on any atom is -0.481 e. The highest BCUT2D eigenvalue weighted by Gasteiger charge is 2.52. The zero-order chi connectivity index (χ0) is 18.1. The zero-order valence-electron chi connectivity index (χ0n) is 12.1. The van der Waals surface area contributed by atoms with Crippen molar-refractivity contribution in [1.29, 1.82) is 0 Å². The van der Waals surface area contributed by atoms with Crippen LogP contribution >= 0.6 is 23.2 Å². The molecule has 0 aliphatic carbocycles. The van der Waals surface area contributed by atoms with Crippen molar-refractivity contribution in [3.05, 3.63) is 28.2 Å². The fourth-order valence-corrected chi connectivity index (χ4v) is 2.87. The third-order valence-electron chi connectivity index (χ3n) is 3.70. The number of carbonyl (C=O) groups excluding carboxylic acids is 1. The van der Waals surface area contributed by atoms with Crippen molar-refractivity contribution in [3.63, 3.8) is 0 Å². The first-order valence-corrected chi connectivity index (χ1v) is 7.60. The van der Waals surface area contributed by atoms with E-state index < -0.39 is 36.4 Å². The summed E-state index contributed by atoms with van der Waals surface area (Å²) in [6.45, 7) is -1.22. The quantitative estimate of drug-likeness (QED) is 0.836. The van der Waals surface area contributed by atoms with Crippen molar-refractivity contribution >= 4 is 40.8 Å². The molecule has 5 nitrogen and oxygen atoms in total. The Morgan fingerprint density at radius 1 is 1.25 bits per heavy atom. The van der Waals surface area contributed by atoms with Gasteiger partial charge in [-0.3, -0.25) is 14.5 Å². The van der Waals surface area contributed by atoms with E-state index in [4.69, 9.17) is 28.3 Å². The summed E-state index contributed by atoms with van der Waals surface area (Å²) in [7, 11) is 0. The third-order valence-corrected chi connectivity index (χ3v) is 4.44. The summed E-state index contributed by atoms with van der Waals surface area (Å²) in [6, 6.07) is 4.37. The van der Waals surface area contributed by atoms with Crippen LogP contribution in [0.2, 0.25) is 10.0 Å². The molecule has 1 fully saturated rings. The Kier molecular flexibility index (Phi) is 5.62. The molecule has 1 aliphatic rings. The molecule has 2 N–H and O–H groups in total. The van der Waals surface area contributed by atoms with Crippen LogP contribution in [0, 0.1) is 11.8 Å². The van der Waals surface area contributed by atoms with Gasteiger partial charge >= 0.3 is 12.1 Å². The minimum absolute atomic E-state index is 0.221. The number of anilines is 1. The van der Waals surface area contributed by atoms with Gasteiger partial charge in [-0.05, 0) is 18.2 Å². The van der Waals surface area contributed by atoms with E-state index in [2.05, 4.69) is 5.32 Å². The molecule has 0 saturated carbocycles. The number of carboxylic acids is 1. The lowest BCUT2D eigenvalue weighted by Crippen LogP contribution is -2.34. The lowest BCUT2D eigenvalue weighted by molar-refractivity contribution is -0.188. The maximum absolute atomic E-state index is 12.9. The number of amides is 1. The highest BCUT2D eigenvalue weighted by atomic mass is 35.5. The van der Waals surface area contributed by atoms with Gasteiger partial charge in [0.2, 0.25) is 5.91 Å². The van der Waals surface area contributed by atoms with E-state index in [1.807, 2.05) is 0 Å². The maximum Gasteiger partial charge on any atom is 0.393 e. The number of nitrogens with one attached hydrogen (secondary N) is 1. The van der Waals surface area contributed by atoms with E-state index in [0.29, 0.717) is 10.7 Å². The van der Waals surface area contributed by atoms with Gasteiger partial charge in [-0.2, -0.15) is 13.2 Å². The first-order valence-electron chi connectivity index (χ1n) is 6.84. The van der Waals surface area contributed by atoms with Gasteiger partial charge in [0.15, 0.2) is 0 Å². The highest BCUT2D eigenvalue weighted by Crippen LogP contribution is 2.37. The predicted molar refractivity (Wildman–Crippen MR) is 82.2 cm³/mol. The fraction of sp³-hybridized carbons (Fsp3) is 0.429. The van der Waals surface area contributed by atoms with Crippen LogP contribution in [0.25, 0.3) is 0 Å². The SMILES string of the molecule is O=C(CN1C[C@@H](C(F)(F)F)[C@H](C(=O)O)C1)Nc1ccc(Cl)c(Cl)c1. The molecule has 1 heterocycles. The van der Waals surface area contributed by atoms with Crippen LogP contribution in [0.1, 0.15) is 0 Å². The van der Waals surface area contributed by atoms with Gasteiger partial charge in [-0.15, -0.1) is 0 Å². The van der Waals surface area contributed by atoms with Crippen molar-refractivity contribution in [2.45, 2.75) is 6.18 Å². The molecule has 132 valence electrons. The molecule has 10 heteroatoms. The average molecular weight is 385 g/mol. The molecule has 0 unspecified atom stereocenters. The lowest BCUT2D eigenvalue weighted by atomic mass is 9.96. The molecule has 1 aromatic carbocycles. The summed E-state index contributed by atoms with van der Waals surface area (Å²) in [5, 5.41) is 11.9. The Morgan fingerprint density at radius 3 is 2.42 bits per heavy atom. The van der Waals surface area contributed by atoms with Crippen molar-refractivity contribution < 1.29 is 27.9 Å². The van der Waals surface area contributed by atoms with Crippen molar-refractivity contribution in [3.8, 4) is 0 Å². The molecule has 0 radical (unpaired) electrons. The number of carbonyl (C=O) groups is 2. The van der Waals surface area contributed by atoms with Crippen LogP contribution < -0.4 is 5.32 Å².